The smallest absolute Gasteiger partial charge is 0.225 e. The van der Waals surface area contributed by atoms with Crippen molar-refractivity contribution in [2.24, 2.45) is 13.0 Å². The second kappa shape index (κ2) is 3.90. The van der Waals surface area contributed by atoms with Crippen LogP contribution in [-0.4, -0.2) is 34.8 Å². The minimum atomic E-state index is 0.105. The topological polar surface area (TPSA) is 76.2 Å². The highest BCUT2D eigenvalue weighted by molar-refractivity contribution is 5.83. The fourth-order valence-corrected chi connectivity index (χ4v) is 3.22. The van der Waals surface area contributed by atoms with Gasteiger partial charge in [0.05, 0.1) is 23.3 Å². The Morgan fingerprint density at radius 2 is 2.28 bits per heavy atom. The summed E-state index contributed by atoms with van der Waals surface area (Å²) < 4.78 is 1.83. The number of amides is 1. The van der Waals surface area contributed by atoms with E-state index in [9.17, 15) is 4.79 Å². The van der Waals surface area contributed by atoms with Crippen molar-refractivity contribution in [3.05, 3.63) is 5.69 Å². The Kier molecular flexibility index (Phi) is 2.46. The molecule has 98 valence electrons. The molecule has 3 heterocycles. The van der Waals surface area contributed by atoms with Crippen LogP contribution in [0.3, 0.4) is 0 Å². The van der Waals surface area contributed by atoms with E-state index in [0.29, 0.717) is 6.54 Å². The second-order valence-corrected chi connectivity index (χ2v) is 5.20. The molecule has 0 saturated carbocycles. The highest BCUT2D eigenvalue weighted by atomic mass is 16.2. The van der Waals surface area contributed by atoms with Crippen LogP contribution in [0.4, 0.5) is 11.5 Å². The highest BCUT2D eigenvalue weighted by Gasteiger charge is 2.42. The van der Waals surface area contributed by atoms with Crippen molar-refractivity contribution in [2.75, 3.05) is 23.7 Å². The third-order valence-electron chi connectivity index (χ3n) is 4.11. The first-order valence-electron chi connectivity index (χ1n) is 6.43. The summed E-state index contributed by atoms with van der Waals surface area (Å²) in [5.74, 6) is 1.24. The zero-order valence-corrected chi connectivity index (χ0v) is 10.8. The maximum atomic E-state index is 11.8. The number of aryl methyl sites for hydroxylation is 2. The first-order valence-corrected chi connectivity index (χ1v) is 6.43. The van der Waals surface area contributed by atoms with Crippen molar-refractivity contribution in [1.29, 1.82) is 0 Å². The number of nitrogens with zero attached hydrogens (tertiary/aromatic N) is 3. The lowest BCUT2D eigenvalue weighted by Crippen LogP contribution is -2.46. The largest absolute Gasteiger partial charge is 0.394 e. The molecule has 2 fully saturated rings. The van der Waals surface area contributed by atoms with Crippen molar-refractivity contribution in [3.63, 3.8) is 0 Å². The Morgan fingerprint density at radius 1 is 1.50 bits per heavy atom. The minimum Gasteiger partial charge on any atom is -0.394 e. The maximum absolute atomic E-state index is 11.8. The quantitative estimate of drug-likeness (QED) is 0.736. The van der Waals surface area contributed by atoms with E-state index in [1.807, 2.05) is 18.7 Å². The van der Waals surface area contributed by atoms with Crippen LogP contribution >= 0.6 is 0 Å². The van der Waals surface area contributed by atoms with Crippen molar-refractivity contribution < 1.29 is 4.79 Å². The van der Waals surface area contributed by atoms with Gasteiger partial charge in [-0.2, -0.15) is 5.10 Å². The molecule has 3 N–H and O–H groups in total. The normalized spacial score (nSPS) is 27.2. The molecule has 2 saturated heterocycles. The third kappa shape index (κ3) is 1.48. The molecule has 3 rings (SSSR count). The first kappa shape index (κ1) is 11.4. The molecule has 2 aliphatic rings. The molecule has 6 nitrogen and oxygen atoms in total. The maximum Gasteiger partial charge on any atom is 0.225 e. The number of fused-ring (bicyclic) bond motifs is 1. The van der Waals surface area contributed by atoms with Gasteiger partial charge in [0.25, 0.3) is 0 Å². The molecule has 0 aromatic carbocycles. The van der Waals surface area contributed by atoms with E-state index in [0.717, 1.165) is 36.6 Å². The summed E-state index contributed by atoms with van der Waals surface area (Å²) >= 11 is 0. The van der Waals surface area contributed by atoms with Gasteiger partial charge in [0.15, 0.2) is 5.82 Å². The predicted molar refractivity (Wildman–Crippen MR) is 69.2 cm³/mol. The third-order valence-corrected chi connectivity index (χ3v) is 4.11. The lowest BCUT2D eigenvalue weighted by molar-refractivity contribution is -0.123. The van der Waals surface area contributed by atoms with Crippen LogP contribution in [0.15, 0.2) is 0 Å². The van der Waals surface area contributed by atoms with E-state index in [1.165, 1.54) is 0 Å². The molecule has 0 bridgehead atoms. The van der Waals surface area contributed by atoms with E-state index >= 15 is 0 Å². The average molecular weight is 249 g/mol. The molecule has 0 aliphatic carbocycles. The molecule has 1 aromatic rings. The zero-order chi connectivity index (χ0) is 12.9. The predicted octanol–water partition coefficient (Wildman–Crippen LogP) is 0.0255. The molecule has 2 unspecified atom stereocenters. The number of aromatic nitrogens is 2. The van der Waals surface area contributed by atoms with Gasteiger partial charge in [-0.3, -0.25) is 9.48 Å². The number of hydrogen-bond donors (Lipinski definition) is 2. The van der Waals surface area contributed by atoms with E-state index < -0.39 is 0 Å². The Labute approximate surface area is 106 Å². The van der Waals surface area contributed by atoms with Crippen molar-refractivity contribution in [2.45, 2.75) is 25.8 Å². The van der Waals surface area contributed by atoms with Gasteiger partial charge in [-0.25, -0.2) is 0 Å². The number of nitrogen functional groups attached to an aromatic ring is 1. The van der Waals surface area contributed by atoms with Crippen LogP contribution in [0, 0.1) is 12.8 Å². The fourth-order valence-electron chi connectivity index (χ4n) is 3.22. The number of anilines is 2. The van der Waals surface area contributed by atoms with Crippen LogP contribution in [0.2, 0.25) is 0 Å². The van der Waals surface area contributed by atoms with Gasteiger partial charge >= 0.3 is 0 Å². The number of carbonyl (C=O) groups excluding carboxylic acids is 1. The number of rotatable bonds is 1. The first-order chi connectivity index (χ1) is 8.59. The highest BCUT2D eigenvalue weighted by Crippen LogP contribution is 2.35. The molecule has 0 spiro atoms. The van der Waals surface area contributed by atoms with Crippen LogP contribution in [0.5, 0.6) is 0 Å². The van der Waals surface area contributed by atoms with Crippen LogP contribution in [-0.2, 0) is 11.8 Å². The van der Waals surface area contributed by atoms with Gasteiger partial charge in [0.2, 0.25) is 5.91 Å². The lowest BCUT2D eigenvalue weighted by Gasteiger charge is -2.37. The lowest BCUT2D eigenvalue weighted by atomic mass is 9.91. The van der Waals surface area contributed by atoms with Gasteiger partial charge in [-0.1, -0.05) is 0 Å². The summed E-state index contributed by atoms with van der Waals surface area (Å²) in [6.45, 7) is 3.57. The van der Waals surface area contributed by atoms with Gasteiger partial charge in [0, 0.05) is 20.1 Å². The van der Waals surface area contributed by atoms with Crippen LogP contribution in [0.25, 0.3) is 0 Å². The van der Waals surface area contributed by atoms with E-state index in [1.54, 1.807) is 0 Å². The summed E-state index contributed by atoms with van der Waals surface area (Å²) in [7, 11) is 1.91. The molecular formula is C12H19N5O. The molecule has 2 aliphatic heterocycles. The summed E-state index contributed by atoms with van der Waals surface area (Å²) in [6.07, 6.45) is 2.00. The number of carbonyl (C=O) groups is 1. The Balaban J connectivity index is 1.98. The number of hydrogen-bond acceptors (Lipinski definition) is 4. The van der Waals surface area contributed by atoms with E-state index in [-0.39, 0.29) is 17.9 Å². The Hall–Kier alpha value is -1.72. The molecular weight excluding hydrogens is 230 g/mol. The second-order valence-electron chi connectivity index (χ2n) is 5.20. The summed E-state index contributed by atoms with van der Waals surface area (Å²) in [5, 5.41) is 7.32. The number of piperidine rings is 1. The molecule has 0 radical (unpaired) electrons. The summed E-state index contributed by atoms with van der Waals surface area (Å²) in [5.41, 5.74) is 7.71. The average Bonchev–Trinajstić information content (AvgIpc) is 2.83. The van der Waals surface area contributed by atoms with Gasteiger partial charge < -0.3 is 16.0 Å². The summed E-state index contributed by atoms with van der Waals surface area (Å²) in [6, 6.07) is 0.225. The molecule has 1 amide bonds. The fraction of sp³-hybridized carbons (Fsp3) is 0.667. The van der Waals surface area contributed by atoms with Gasteiger partial charge in [-0.05, 0) is 19.8 Å². The molecule has 2 atom stereocenters. The van der Waals surface area contributed by atoms with E-state index in [2.05, 4.69) is 15.3 Å². The van der Waals surface area contributed by atoms with Gasteiger partial charge in [-0.15, -0.1) is 0 Å². The molecule has 18 heavy (non-hydrogen) atoms. The summed E-state index contributed by atoms with van der Waals surface area (Å²) in [4.78, 5) is 14.0. The minimum absolute atomic E-state index is 0.105. The number of nitrogens with one attached hydrogen (secondary N) is 1. The zero-order valence-electron chi connectivity index (χ0n) is 10.8. The Morgan fingerprint density at radius 3 is 2.94 bits per heavy atom. The molecule has 1 aromatic heterocycles. The van der Waals surface area contributed by atoms with Crippen LogP contribution < -0.4 is 16.0 Å². The monoisotopic (exact) mass is 249 g/mol. The van der Waals surface area contributed by atoms with Crippen LogP contribution in [0.1, 0.15) is 18.5 Å². The molecule has 6 heteroatoms. The van der Waals surface area contributed by atoms with E-state index in [4.69, 9.17) is 5.73 Å². The standard InChI is InChI=1S/C12H19N5O/c1-7-10(13)12(16(2)15-7)17-5-3-4-8-9(17)6-14-11(8)18/h8-9H,3-6,13H2,1-2H3,(H,14,18). The SMILES string of the molecule is Cc1nn(C)c(N2CCCC3C(=O)NCC32)c1N. The van der Waals surface area contributed by atoms with Crippen molar-refractivity contribution in [1.82, 2.24) is 15.1 Å². The van der Waals surface area contributed by atoms with Crippen molar-refractivity contribution in [3.8, 4) is 0 Å². The van der Waals surface area contributed by atoms with Crippen molar-refractivity contribution >= 4 is 17.4 Å². The number of nitrogens with two attached hydrogens (primary N) is 1. The Bertz CT molecular complexity index is 495. The van der Waals surface area contributed by atoms with Gasteiger partial charge in [0.1, 0.15) is 0 Å².